The van der Waals surface area contributed by atoms with Gasteiger partial charge in [0.1, 0.15) is 5.75 Å². The topological polar surface area (TPSA) is 47.3 Å². The van der Waals surface area contributed by atoms with Gasteiger partial charge in [-0.25, -0.2) is 0 Å². The Morgan fingerprint density at radius 3 is 2.57 bits per heavy atom. The van der Waals surface area contributed by atoms with Gasteiger partial charge in [-0.1, -0.05) is 45.7 Å². The highest BCUT2D eigenvalue weighted by Gasteiger charge is 2.13. The van der Waals surface area contributed by atoms with Gasteiger partial charge in [-0.05, 0) is 48.2 Å². The molecule has 0 fully saturated rings. The molecule has 21 heavy (non-hydrogen) atoms. The Bertz CT molecular complexity index is 607. The lowest BCUT2D eigenvalue weighted by Crippen LogP contribution is -2.38. The van der Waals surface area contributed by atoms with Crippen LogP contribution < -0.4 is 16.0 Å². The lowest BCUT2D eigenvalue weighted by atomic mass is 9.99. The zero-order valence-electron chi connectivity index (χ0n) is 11.8. The minimum Gasteiger partial charge on any atom is -0.497 e. The zero-order valence-corrected chi connectivity index (χ0v) is 14.1. The molecule has 0 aliphatic carbocycles. The van der Waals surface area contributed by atoms with Gasteiger partial charge in [-0.3, -0.25) is 11.3 Å². The first kappa shape index (κ1) is 16.3. The summed E-state index contributed by atoms with van der Waals surface area (Å²) in [4.78, 5) is 0. The van der Waals surface area contributed by atoms with Gasteiger partial charge in [0.25, 0.3) is 0 Å². The molecule has 0 aliphatic rings. The van der Waals surface area contributed by atoms with Crippen LogP contribution in [0.3, 0.4) is 0 Å². The molecule has 0 saturated carbocycles. The number of benzene rings is 2. The number of rotatable bonds is 6. The summed E-state index contributed by atoms with van der Waals surface area (Å²) >= 11 is 9.78. The lowest BCUT2D eigenvalue weighted by Gasteiger charge is -2.18. The summed E-state index contributed by atoms with van der Waals surface area (Å²) in [5.74, 6) is 6.53. The second-order valence-electron chi connectivity index (χ2n) is 4.82. The Labute approximate surface area is 138 Å². The summed E-state index contributed by atoms with van der Waals surface area (Å²) in [5.41, 5.74) is 5.10. The third kappa shape index (κ3) is 4.45. The van der Waals surface area contributed by atoms with Gasteiger partial charge in [0.15, 0.2) is 0 Å². The van der Waals surface area contributed by atoms with E-state index in [-0.39, 0.29) is 6.04 Å². The van der Waals surface area contributed by atoms with E-state index in [4.69, 9.17) is 22.2 Å². The molecule has 112 valence electrons. The molecule has 0 bridgehead atoms. The molecule has 0 heterocycles. The molecule has 1 atom stereocenters. The van der Waals surface area contributed by atoms with Gasteiger partial charge < -0.3 is 4.74 Å². The van der Waals surface area contributed by atoms with E-state index in [9.17, 15) is 0 Å². The second kappa shape index (κ2) is 7.80. The van der Waals surface area contributed by atoms with Crippen molar-refractivity contribution in [3.63, 3.8) is 0 Å². The molecule has 0 amide bonds. The van der Waals surface area contributed by atoms with Crippen LogP contribution >= 0.6 is 27.5 Å². The first-order valence-corrected chi connectivity index (χ1v) is 7.83. The summed E-state index contributed by atoms with van der Waals surface area (Å²) < 4.78 is 6.31. The molecular formula is C16H18BrClN2O. The van der Waals surface area contributed by atoms with E-state index in [1.165, 1.54) is 0 Å². The fraction of sp³-hybridized carbons (Fsp3) is 0.250. The fourth-order valence-electron chi connectivity index (χ4n) is 2.22. The maximum Gasteiger partial charge on any atom is 0.119 e. The molecule has 2 aromatic carbocycles. The van der Waals surface area contributed by atoms with Crippen LogP contribution in [0.4, 0.5) is 0 Å². The SMILES string of the molecule is COc1ccc(Br)c(CC(Cc2ccccc2Cl)NN)c1. The standard InChI is InChI=1S/C16H18BrClN2O/c1-21-14-6-7-15(17)12(10-14)9-13(20-19)8-11-4-2-3-5-16(11)18/h2-7,10,13,20H,8-9,19H2,1H3. The van der Waals surface area contributed by atoms with Crippen molar-refractivity contribution in [1.82, 2.24) is 5.43 Å². The van der Waals surface area contributed by atoms with Crippen molar-refractivity contribution in [3.8, 4) is 5.75 Å². The minimum atomic E-state index is 0.0910. The van der Waals surface area contributed by atoms with Gasteiger partial charge in [0.05, 0.1) is 7.11 Å². The molecule has 0 aromatic heterocycles. The van der Waals surface area contributed by atoms with Crippen molar-refractivity contribution in [2.24, 2.45) is 5.84 Å². The highest BCUT2D eigenvalue weighted by Crippen LogP contribution is 2.25. The Morgan fingerprint density at radius 1 is 1.19 bits per heavy atom. The normalized spacial score (nSPS) is 12.2. The summed E-state index contributed by atoms with van der Waals surface area (Å²) in [6.07, 6.45) is 1.54. The number of nitrogens with one attached hydrogen (secondary N) is 1. The predicted molar refractivity (Wildman–Crippen MR) is 90.7 cm³/mol. The van der Waals surface area contributed by atoms with Gasteiger partial charge >= 0.3 is 0 Å². The van der Waals surface area contributed by atoms with Crippen LogP contribution in [0.2, 0.25) is 5.02 Å². The monoisotopic (exact) mass is 368 g/mol. The average Bonchev–Trinajstić information content (AvgIpc) is 2.50. The van der Waals surface area contributed by atoms with Crippen LogP contribution in [0, 0.1) is 0 Å². The number of methoxy groups -OCH3 is 1. The molecule has 1 unspecified atom stereocenters. The Morgan fingerprint density at radius 2 is 1.90 bits per heavy atom. The number of halogens is 2. The Balaban J connectivity index is 2.14. The van der Waals surface area contributed by atoms with Gasteiger partial charge in [0, 0.05) is 15.5 Å². The van der Waals surface area contributed by atoms with E-state index < -0.39 is 0 Å². The number of hydrogen-bond donors (Lipinski definition) is 2. The molecule has 0 radical (unpaired) electrons. The summed E-state index contributed by atoms with van der Waals surface area (Å²) in [6.45, 7) is 0. The number of nitrogens with two attached hydrogens (primary N) is 1. The maximum atomic E-state index is 6.21. The van der Waals surface area contributed by atoms with E-state index in [1.807, 2.05) is 42.5 Å². The van der Waals surface area contributed by atoms with Gasteiger partial charge in [0.2, 0.25) is 0 Å². The van der Waals surface area contributed by atoms with Crippen molar-refractivity contribution < 1.29 is 4.74 Å². The van der Waals surface area contributed by atoms with Crippen molar-refractivity contribution >= 4 is 27.5 Å². The summed E-state index contributed by atoms with van der Waals surface area (Å²) in [7, 11) is 1.66. The van der Waals surface area contributed by atoms with Crippen molar-refractivity contribution in [2.75, 3.05) is 7.11 Å². The first-order chi connectivity index (χ1) is 10.1. The predicted octanol–water partition coefficient (Wildman–Crippen LogP) is 3.73. The highest BCUT2D eigenvalue weighted by atomic mass is 79.9. The van der Waals surface area contributed by atoms with Crippen LogP contribution in [0.1, 0.15) is 11.1 Å². The van der Waals surface area contributed by atoms with E-state index in [1.54, 1.807) is 7.11 Å². The molecular weight excluding hydrogens is 352 g/mol. The second-order valence-corrected chi connectivity index (χ2v) is 6.08. The molecule has 0 aliphatic heterocycles. The van der Waals surface area contributed by atoms with E-state index in [0.717, 1.165) is 39.2 Å². The van der Waals surface area contributed by atoms with Crippen LogP contribution in [-0.2, 0) is 12.8 Å². The molecule has 3 N–H and O–H groups in total. The largest absolute Gasteiger partial charge is 0.497 e. The first-order valence-electron chi connectivity index (χ1n) is 6.66. The molecule has 5 heteroatoms. The van der Waals surface area contributed by atoms with Crippen molar-refractivity contribution in [3.05, 3.63) is 63.1 Å². The summed E-state index contributed by atoms with van der Waals surface area (Å²) in [5, 5.41) is 0.766. The minimum absolute atomic E-state index is 0.0910. The van der Waals surface area contributed by atoms with Crippen molar-refractivity contribution in [1.29, 1.82) is 0 Å². The quantitative estimate of drug-likeness (QED) is 0.602. The summed E-state index contributed by atoms with van der Waals surface area (Å²) in [6, 6.07) is 13.8. The maximum absolute atomic E-state index is 6.21. The van der Waals surface area contributed by atoms with Crippen LogP contribution in [0.25, 0.3) is 0 Å². The molecule has 2 rings (SSSR count). The van der Waals surface area contributed by atoms with E-state index in [0.29, 0.717) is 0 Å². The van der Waals surface area contributed by atoms with E-state index >= 15 is 0 Å². The third-order valence-corrected chi connectivity index (χ3v) is 4.52. The lowest BCUT2D eigenvalue weighted by molar-refractivity contribution is 0.413. The van der Waals surface area contributed by atoms with Crippen LogP contribution in [-0.4, -0.2) is 13.2 Å². The molecule has 0 spiro atoms. The highest BCUT2D eigenvalue weighted by molar-refractivity contribution is 9.10. The van der Waals surface area contributed by atoms with Gasteiger partial charge in [-0.2, -0.15) is 0 Å². The zero-order chi connectivity index (χ0) is 15.2. The Kier molecular flexibility index (Phi) is 6.06. The smallest absolute Gasteiger partial charge is 0.119 e. The third-order valence-electron chi connectivity index (χ3n) is 3.38. The molecule has 0 saturated heterocycles. The molecule has 3 nitrogen and oxygen atoms in total. The number of hydrazine groups is 1. The molecule has 2 aromatic rings. The number of hydrogen-bond acceptors (Lipinski definition) is 3. The van der Waals surface area contributed by atoms with Crippen molar-refractivity contribution in [2.45, 2.75) is 18.9 Å². The van der Waals surface area contributed by atoms with E-state index in [2.05, 4.69) is 21.4 Å². The Hall–Kier alpha value is -1.07. The van der Waals surface area contributed by atoms with Crippen LogP contribution in [0.5, 0.6) is 5.75 Å². The van der Waals surface area contributed by atoms with Crippen LogP contribution in [0.15, 0.2) is 46.9 Å². The average molecular weight is 370 g/mol. The fourth-order valence-corrected chi connectivity index (χ4v) is 2.84. The number of ether oxygens (including phenoxy) is 1. The van der Waals surface area contributed by atoms with Gasteiger partial charge in [-0.15, -0.1) is 0 Å².